The number of carbonyl (C=O) groups excluding carboxylic acids is 2. The summed E-state index contributed by atoms with van der Waals surface area (Å²) < 4.78 is 4.77. The van der Waals surface area contributed by atoms with Crippen LogP contribution in [0.15, 0.2) is 0 Å². The van der Waals surface area contributed by atoms with Crippen LogP contribution in [0.4, 0.5) is 0 Å². The molecule has 0 aliphatic heterocycles. The number of carbonyl (C=O) groups is 2. The van der Waals surface area contributed by atoms with Gasteiger partial charge in [0, 0.05) is 6.42 Å². The van der Waals surface area contributed by atoms with Gasteiger partial charge < -0.3 is 4.74 Å². The van der Waals surface area contributed by atoms with E-state index in [-0.39, 0.29) is 5.78 Å². The molecule has 3 heteroatoms. The van der Waals surface area contributed by atoms with Crippen LogP contribution in [0.1, 0.15) is 34.1 Å². The molecule has 0 spiro atoms. The van der Waals surface area contributed by atoms with E-state index in [0.717, 1.165) is 0 Å². The number of Topliss-reactive ketones (excluding diaryl/α,β-unsaturated/α-hetero) is 1. The molecule has 0 aliphatic carbocycles. The Labute approximate surface area is 73.1 Å². The first-order valence-corrected chi connectivity index (χ1v) is 4.17. The smallest absolute Gasteiger partial charge is 0.319 e. The fourth-order valence-corrected chi connectivity index (χ4v) is 0.867. The highest BCUT2D eigenvalue weighted by Gasteiger charge is 2.35. The predicted octanol–water partition coefficient (Wildman–Crippen LogP) is 1.55. The van der Waals surface area contributed by atoms with Crippen molar-refractivity contribution in [3.8, 4) is 0 Å². The first-order valence-electron chi connectivity index (χ1n) is 4.17. The minimum atomic E-state index is -0.981. The average Bonchev–Trinajstić information content (AvgIpc) is 2.03. The number of rotatable bonds is 4. The monoisotopic (exact) mass is 172 g/mol. The zero-order valence-corrected chi connectivity index (χ0v) is 8.14. The van der Waals surface area contributed by atoms with E-state index < -0.39 is 11.4 Å². The summed E-state index contributed by atoms with van der Waals surface area (Å²) in [5, 5.41) is 0. The first-order chi connectivity index (χ1) is 5.46. The third-order valence-electron chi connectivity index (χ3n) is 1.80. The molecule has 0 amide bonds. The Morgan fingerprint density at radius 2 is 1.75 bits per heavy atom. The molecule has 0 heterocycles. The number of hydrogen-bond donors (Lipinski definition) is 0. The molecular formula is C9H16O3. The minimum Gasteiger partial charge on any atom is -0.465 e. The number of esters is 1. The van der Waals surface area contributed by atoms with Crippen LogP contribution in [0.2, 0.25) is 0 Å². The highest BCUT2D eigenvalue weighted by molar-refractivity contribution is 6.02. The van der Waals surface area contributed by atoms with Crippen LogP contribution >= 0.6 is 0 Å². The fourth-order valence-electron chi connectivity index (χ4n) is 0.867. The summed E-state index contributed by atoms with van der Waals surface area (Å²) in [4.78, 5) is 22.5. The van der Waals surface area contributed by atoms with Gasteiger partial charge in [-0.3, -0.25) is 9.59 Å². The van der Waals surface area contributed by atoms with E-state index in [2.05, 4.69) is 0 Å². The Hall–Kier alpha value is -0.860. The second-order valence-electron chi connectivity index (χ2n) is 3.12. The van der Waals surface area contributed by atoms with Crippen LogP contribution in [0, 0.1) is 5.41 Å². The molecule has 0 radical (unpaired) electrons. The first kappa shape index (κ1) is 11.1. The molecule has 0 aliphatic rings. The summed E-state index contributed by atoms with van der Waals surface area (Å²) in [5.41, 5.74) is -0.981. The third kappa shape index (κ3) is 2.32. The summed E-state index contributed by atoms with van der Waals surface area (Å²) in [5.74, 6) is -0.516. The SMILES string of the molecule is CCOC(=O)C(C)(C)C(=O)CC. The molecule has 0 aromatic rings. The summed E-state index contributed by atoms with van der Waals surface area (Å²) >= 11 is 0. The molecule has 0 rings (SSSR count). The Balaban J connectivity index is 4.38. The van der Waals surface area contributed by atoms with Gasteiger partial charge in [0.2, 0.25) is 0 Å². The normalized spacial score (nSPS) is 11.0. The highest BCUT2D eigenvalue weighted by Crippen LogP contribution is 2.20. The second-order valence-corrected chi connectivity index (χ2v) is 3.12. The predicted molar refractivity (Wildman–Crippen MR) is 45.7 cm³/mol. The van der Waals surface area contributed by atoms with Gasteiger partial charge in [-0.25, -0.2) is 0 Å². The summed E-state index contributed by atoms with van der Waals surface area (Å²) in [6.07, 6.45) is 0.367. The Morgan fingerprint density at radius 3 is 2.08 bits per heavy atom. The Bertz CT molecular complexity index is 182. The molecule has 70 valence electrons. The topological polar surface area (TPSA) is 43.4 Å². The van der Waals surface area contributed by atoms with E-state index in [1.165, 1.54) is 0 Å². The quantitative estimate of drug-likeness (QED) is 0.477. The second kappa shape index (κ2) is 4.24. The van der Waals surface area contributed by atoms with Crippen LogP contribution in [-0.4, -0.2) is 18.4 Å². The van der Waals surface area contributed by atoms with Gasteiger partial charge in [-0.05, 0) is 20.8 Å². The van der Waals surface area contributed by atoms with Crippen molar-refractivity contribution in [2.24, 2.45) is 5.41 Å². The van der Waals surface area contributed by atoms with Gasteiger partial charge >= 0.3 is 5.97 Å². The summed E-state index contributed by atoms with van der Waals surface area (Å²) in [6, 6.07) is 0. The lowest BCUT2D eigenvalue weighted by molar-refractivity contribution is -0.157. The molecule has 0 saturated carbocycles. The largest absolute Gasteiger partial charge is 0.465 e. The molecule has 0 aromatic heterocycles. The molecule has 0 saturated heterocycles. The molecule has 0 bridgehead atoms. The maximum Gasteiger partial charge on any atom is 0.319 e. The molecule has 0 atom stereocenters. The molecular weight excluding hydrogens is 156 g/mol. The van der Waals surface area contributed by atoms with E-state index in [1.807, 2.05) is 0 Å². The van der Waals surface area contributed by atoms with Gasteiger partial charge in [-0.2, -0.15) is 0 Å². The van der Waals surface area contributed by atoms with Crippen LogP contribution in [0.3, 0.4) is 0 Å². The highest BCUT2D eigenvalue weighted by atomic mass is 16.5. The van der Waals surface area contributed by atoms with Crippen molar-refractivity contribution in [1.29, 1.82) is 0 Å². The lowest BCUT2D eigenvalue weighted by Crippen LogP contribution is -2.34. The van der Waals surface area contributed by atoms with Gasteiger partial charge in [0.1, 0.15) is 11.2 Å². The summed E-state index contributed by atoms with van der Waals surface area (Å²) in [7, 11) is 0. The van der Waals surface area contributed by atoms with E-state index in [0.29, 0.717) is 13.0 Å². The zero-order chi connectivity index (χ0) is 9.78. The van der Waals surface area contributed by atoms with Crippen LogP contribution < -0.4 is 0 Å². The Morgan fingerprint density at radius 1 is 1.25 bits per heavy atom. The Kier molecular flexibility index (Phi) is 3.93. The molecule has 3 nitrogen and oxygen atoms in total. The van der Waals surface area contributed by atoms with Crippen molar-refractivity contribution < 1.29 is 14.3 Å². The van der Waals surface area contributed by atoms with Crippen molar-refractivity contribution >= 4 is 11.8 Å². The maximum atomic E-state index is 11.2. The van der Waals surface area contributed by atoms with Crippen molar-refractivity contribution in [2.75, 3.05) is 6.61 Å². The van der Waals surface area contributed by atoms with Crippen LogP contribution in [0.5, 0.6) is 0 Å². The van der Waals surface area contributed by atoms with Crippen molar-refractivity contribution in [1.82, 2.24) is 0 Å². The van der Waals surface area contributed by atoms with Gasteiger partial charge in [0.05, 0.1) is 6.61 Å². The minimum absolute atomic E-state index is 0.0825. The van der Waals surface area contributed by atoms with Gasteiger partial charge in [-0.15, -0.1) is 0 Å². The number of hydrogen-bond acceptors (Lipinski definition) is 3. The fraction of sp³-hybridized carbons (Fsp3) is 0.778. The zero-order valence-electron chi connectivity index (χ0n) is 8.14. The van der Waals surface area contributed by atoms with Crippen molar-refractivity contribution in [3.63, 3.8) is 0 Å². The number of ketones is 1. The van der Waals surface area contributed by atoms with E-state index in [1.54, 1.807) is 27.7 Å². The van der Waals surface area contributed by atoms with E-state index in [4.69, 9.17) is 4.74 Å². The molecule has 0 fully saturated rings. The standard InChI is InChI=1S/C9H16O3/c1-5-7(10)9(3,4)8(11)12-6-2/h5-6H2,1-4H3. The van der Waals surface area contributed by atoms with Gasteiger partial charge in [0.25, 0.3) is 0 Å². The van der Waals surface area contributed by atoms with Gasteiger partial charge in [0.15, 0.2) is 0 Å². The average molecular weight is 172 g/mol. The molecule has 0 N–H and O–H groups in total. The van der Waals surface area contributed by atoms with Gasteiger partial charge in [-0.1, -0.05) is 6.92 Å². The lowest BCUT2D eigenvalue weighted by atomic mass is 9.87. The van der Waals surface area contributed by atoms with E-state index >= 15 is 0 Å². The van der Waals surface area contributed by atoms with Crippen LogP contribution in [0.25, 0.3) is 0 Å². The van der Waals surface area contributed by atoms with Crippen molar-refractivity contribution in [3.05, 3.63) is 0 Å². The lowest BCUT2D eigenvalue weighted by Gasteiger charge is -2.19. The molecule has 0 unspecified atom stereocenters. The maximum absolute atomic E-state index is 11.2. The molecule has 12 heavy (non-hydrogen) atoms. The summed E-state index contributed by atoms with van der Waals surface area (Å²) in [6.45, 7) is 6.97. The van der Waals surface area contributed by atoms with E-state index in [9.17, 15) is 9.59 Å². The third-order valence-corrected chi connectivity index (χ3v) is 1.80. The van der Waals surface area contributed by atoms with Crippen molar-refractivity contribution in [2.45, 2.75) is 34.1 Å². The van der Waals surface area contributed by atoms with Crippen LogP contribution in [-0.2, 0) is 14.3 Å². The molecule has 0 aromatic carbocycles. The number of ether oxygens (including phenoxy) is 1.